The Morgan fingerprint density at radius 3 is 2.17 bits per heavy atom. The van der Waals surface area contributed by atoms with Gasteiger partial charge in [-0.25, -0.2) is 4.99 Å². The van der Waals surface area contributed by atoms with Gasteiger partial charge in [0.1, 0.15) is 11.3 Å². The summed E-state index contributed by atoms with van der Waals surface area (Å²) in [5.74, 6) is 0.205. The van der Waals surface area contributed by atoms with Crippen molar-refractivity contribution in [1.82, 2.24) is 4.90 Å². The van der Waals surface area contributed by atoms with Crippen molar-refractivity contribution in [1.29, 1.82) is 0 Å². The topological polar surface area (TPSA) is 50.8 Å². The molecule has 0 radical (unpaired) electrons. The molecule has 0 aromatic heterocycles. The molecule has 0 saturated carbocycles. The zero-order valence-corrected chi connectivity index (χ0v) is 16.2. The molecule has 4 nitrogen and oxygen atoms in total. The monoisotopic (exact) mass is 411 g/mol. The van der Waals surface area contributed by atoms with Crippen LogP contribution in [0.4, 0.5) is 13.2 Å². The van der Waals surface area contributed by atoms with Crippen molar-refractivity contribution in [2.75, 3.05) is 13.6 Å². The molecule has 2 N–H and O–H groups in total. The average Bonchev–Trinajstić information content (AvgIpc) is 3.04. The van der Waals surface area contributed by atoms with Gasteiger partial charge in [0.15, 0.2) is 5.96 Å². The summed E-state index contributed by atoms with van der Waals surface area (Å²) in [6, 6.07) is 23.6. The average molecular weight is 411 g/mol. The first-order chi connectivity index (χ1) is 14.3. The lowest BCUT2D eigenvalue weighted by Gasteiger charge is -2.28. The summed E-state index contributed by atoms with van der Waals surface area (Å²) in [7, 11) is 1.90. The molecule has 30 heavy (non-hydrogen) atoms. The first-order valence-electron chi connectivity index (χ1n) is 9.36. The third-order valence-electron chi connectivity index (χ3n) is 5.18. The van der Waals surface area contributed by atoms with Crippen LogP contribution >= 0.6 is 0 Å². The number of guanidine groups is 1. The Labute approximate surface area is 172 Å². The maximum Gasteiger partial charge on any atom is 0.573 e. The van der Waals surface area contributed by atoms with Crippen LogP contribution in [0.15, 0.2) is 83.9 Å². The Morgan fingerprint density at radius 2 is 1.57 bits per heavy atom. The van der Waals surface area contributed by atoms with Crippen LogP contribution in [0.2, 0.25) is 0 Å². The predicted octanol–water partition coefficient (Wildman–Crippen LogP) is 4.76. The molecule has 0 amide bonds. The quantitative estimate of drug-likeness (QED) is 0.674. The molecule has 4 rings (SSSR count). The van der Waals surface area contributed by atoms with E-state index in [0.717, 1.165) is 22.3 Å². The van der Waals surface area contributed by atoms with Crippen molar-refractivity contribution >= 4 is 5.96 Å². The minimum atomic E-state index is -4.71. The minimum absolute atomic E-state index is 0.252. The molecule has 1 atom stereocenters. The third kappa shape index (κ3) is 3.83. The van der Waals surface area contributed by atoms with Gasteiger partial charge in [-0.3, -0.25) is 0 Å². The summed E-state index contributed by atoms with van der Waals surface area (Å²) in [5.41, 5.74) is 9.07. The molecule has 1 heterocycles. The molecule has 1 aliphatic heterocycles. The second-order valence-electron chi connectivity index (χ2n) is 7.21. The SMILES string of the molecule is CN1CC(c2ccccc2)(c2cccc(-c3ccc(OC(F)(F)F)cc3)c2)N=C1N. The summed E-state index contributed by atoms with van der Waals surface area (Å²) >= 11 is 0. The summed E-state index contributed by atoms with van der Waals surface area (Å²) in [6.45, 7) is 0.588. The van der Waals surface area contributed by atoms with Crippen LogP contribution in [0, 0.1) is 0 Å². The largest absolute Gasteiger partial charge is 0.573 e. The molecule has 1 aliphatic rings. The molecular weight excluding hydrogens is 391 g/mol. The molecular formula is C23H20F3N3O. The second kappa shape index (κ2) is 7.40. The van der Waals surface area contributed by atoms with E-state index in [-0.39, 0.29) is 5.75 Å². The lowest BCUT2D eigenvalue weighted by atomic mass is 9.82. The fraction of sp³-hybridized carbons (Fsp3) is 0.174. The molecule has 1 unspecified atom stereocenters. The van der Waals surface area contributed by atoms with Gasteiger partial charge in [0, 0.05) is 7.05 Å². The molecule has 0 bridgehead atoms. The first-order valence-corrected chi connectivity index (χ1v) is 9.36. The van der Waals surface area contributed by atoms with Crippen molar-refractivity contribution in [3.63, 3.8) is 0 Å². The highest BCUT2D eigenvalue weighted by Crippen LogP contribution is 2.39. The number of rotatable bonds is 4. The number of halogens is 3. The summed E-state index contributed by atoms with van der Waals surface area (Å²) < 4.78 is 41.2. The summed E-state index contributed by atoms with van der Waals surface area (Å²) in [4.78, 5) is 6.71. The molecule has 0 aliphatic carbocycles. The van der Waals surface area contributed by atoms with Crippen LogP contribution in [0.5, 0.6) is 5.75 Å². The van der Waals surface area contributed by atoms with E-state index in [9.17, 15) is 13.2 Å². The van der Waals surface area contributed by atoms with Gasteiger partial charge in [-0.1, -0.05) is 60.7 Å². The van der Waals surface area contributed by atoms with E-state index in [4.69, 9.17) is 10.7 Å². The predicted molar refractivity (Wildman–Crippen MR) is 110 cm³/mol. The zero-order chi connectivity index (χ0) is 21.4. The zero-order valence-electron chi connectivity index (χ0n) is 16.2. The van der Waals surface area contributed by atoms with E-state index in [1.165, 1.54) is 12.1 Å². The maximum atomic E-state index is 12.4. The standard InChI is InChI=1S/C23H20F3N3O/c1-29-15-22(28-21(29)27,18-7-3-2-4-8-18)19-9-5-6-17(14-19)16-10-12-20(13-11-16)30-23(24,25)26/h2-14H,15H2,1H3,(H2,27,28). The van der Waals surface area contributed by atoms with Crippen molar-refractivity contribution < 1.29 is 17.9 Å². The van der Waals surface area contributed by atoms with E-state index in [1.807, 2.05) is 66.5 Å². The molecule has 3 aromatic rings. The highest BCUT2D eigenvalue weighted by molar-refractivity contribution is 5.82. The minimum Gasteiger partial charge on any atom is -0.406 e. The van der Waals surface area contributed by atoms with Crippen LogP contribution in [0.1, 0.15) is 11.1 Å². The van der Waals surface area contributed by atoms with Crippen molar-refractivity contribution in [3.8, 4) is 16.9 Å². The number of benzene rings is 3. The first kappa shape index (κ1) is 19.8. The number of nitrogens with zero attached hydrogens (tertiary/aromatic N) is 2. The van der Waals surface area contributed by atoms with Gasteiger partial charge in [-0.05, 0) is 40.5 Å². The van der Waals surface area contributed by atoms with E-state index in [2.05, 4.69) is 4.74 Å². The van der Waals surface area contributed by atoms with Gasteiger partial charge in [-0.2, -0.15) is 0 Å². The fourth-order valence-electron chi connectivity index (χ4n) is 3.74. The van der Waals surface area contributed by atoms with Gasteiger partial charge in [0.05, 0.1) is 6.54 Å². The Hall–Kier alpha value is -3.48. The summed E-state index contributed by atoms with van der Waals surface area (Å²) in [5, 5.41) is 0. The van der Waals surface area contributed by atoms with Crippen LogP contribution < -0.4 is 10.5 Å². The van der Waals surface area contributed by atoms with Crippen LogP contribution in [-0.4, -0.2) is 30.8 Å². The number of ether oxygens (including phenoxy) is 1. The third-order valence-corrected chi connectivity index (χ3v) is 5.18. The van der Waals surface area contributed by atoms with Gasteiger partial charge in [-0.15, -0.1) is 13.2 Å². The van der Waals surface area contributed by atoms with Crippen molar-refractivity contribution in [3.05, 3.63) is 90.0 Å². The normalized spacial score (nSPS) is 18.9. The molecule has 3 aromatic carbocycles. The number of aliphatic imine (C=N–C) groups is 1. The molecule has 7 heteroatoms. The molecule has 0 saturated heterocycles. The second-order valence-corrected chi connectivity index (χ2v) is 7.21. The van der Waals surface area contributed by atoms with Crippen molar-refractivity contribution in [2.45, 2.75) is 11.9 Å². The molecule has 154 valence electrons. The van der Waals surface area contributed by atoms with Gasteiger partial charge >= 0.3 is 6.36 Å². The van der Waals surface area contributed by atoms with Crippen LogP contribution in [0.25, 0.3) is 11.1 Å². The Bertz CT molecular complexity index is 1070. The Kier molecular flexibility index (Phi) is 4.89. The fourth-order valence-corrected chi connectivity index (χ4v) is 3.74. The molecule has 0 fully saturated rings. The number of hydrogen-bond donors (Lipinski definition) is 1. The van der Waals surface area contributed by atoms with E-state index < -0.39 is 11.9 Å². The van der Waals surface area contributed by atoms with Gasteiger partial charge < -0.3 is 15.4 Å². The smallest absolute Gasteiger partial charge is 0.406 e. The number of nitrogens with two attached hydrogens (primary N) is 1. The maximum absolute atomic E-state index is 12.4. The highest BCUT2D eigenvalue weighted by Gasteiger charge is 2.40. The summed E-state index contributed by atoms with van der Waals surface area (Å²) in [6.07, 6.45) is -4.71. The lowest BCUT2D eigenvalue weighted by molar-refractivity contribution is -0.274. The Morgan fingerprint density at radius 1 is 0.900 bits per heavy atom. The van der Waals surface area contributed by atoms with E-state index >= 15 is 0 Å². The molecule has 0 spiro atoms. The number of alkyl halides is 3. The lowest BCUT2D eigenvalue weighted by Crippen LogP contribution is -2.34. The number of hydrogen-bond acceptors (Lipinski definition) is 4. The van der Waals surface area contributed by atoms with Crippen LogP contribution in [0.3, 0.4) is 0 Å². The van der Waals surface area contributed by atoms with Gasteiger partial charge in [0.25, 0.3) is 0 Å². The van der Waals surface area contributed by atoms with Crippen LogP contribution in [-0.2, 0) is 5.54 Å². The number of likely N-dealkylation sites (N-methyl/N-ethyl adjacent to an activating group) is 1. The van der Waals surface area contributed by atoms with E-state index in [0.29, 0.717) is 12.5 Å². The highest BCUT2D eigenvalue weighted by atomic mass is 19.4. The van der Waals surface area contributed by atoms with E-state index in [1.54, 1.807) is 12.1 Å². The van der Waals surface area contributed by atoms with Crippen molar-refractivity contribution in [2.24, 2.45) is 10.7 Å². The van der Waals surface area contributed by atoms with Gasteiger partial charge in [0.2, 0.25) is 0 Å². The Balaban J connectivity index is 1.73.